The van der Waals surface area contributed by atoms with Gasteiger partial charge in [-0.2, -0.15) is 0 Å². The van der Waals surface area contributed by atoms with Gasteiger partial charge in [-0.05, 0) is 23.8 Å². The van der Waals surface area contributed by atoms with Gasteiger partial charge in [0.25, 0.3) is 11.8 Å². The molecule has 28 heavy (non-hydrogen) atoms. The zero-order valence-electron chi connectivity index (χ0n) is 14.9. The van der Waals surface area contributed by atoms with Crippen molar-refractivity contribution in [2.45, 2.75) is 6.04 Å². The Balaban J connectivity index is 1.71. The zero-order chi connectivity index (χ0) is 19.1. The number of imide groups is 1. The Kier molecular flexibility index (Phi) is 3.76. The Morgan fingerprint density at radius 2 is 1.39 bits per heavy atom. The highest BCUT2D eigenvalue weighted by Crippen LogP contribution is 2.33. The topological polar surface area (TPSA) is 49.7 Å². The maximum atomic E-state index is 13.2. The second kappa shape index (κ2) is 6.43. The first-order chi connectivity index (χ1) is 13.7. The standard InChI is InChI=1S/C24H16N2O2/c27-23-20-15-17-11-7-8-14-19(17)21(16-9-3-1-4-10-16)25-22(20)24(28)26(23)18-12-5-2-6-13-18/h1-15,22H. The van der Waals surface area contributed by atoms with Gasteiger partial charge in [0.05, 0.1) is 17.0 Å². The molecular formula is C24H16N2O2. The molecule has 2 aliphatic rings. The number of para-hydroxylation sites is 1. The number of rotatable bonds is 2. The fraction of sp³-hybridized carbons (Fsp3) is 0.0417. The smallest absolute Gasteiger partial charge is 0.263 e. The van der Waals surface area contributed by atoms with Gasteiger partial charge in [0.2, 0.25) is 0 Å². The molecule has 0 N–H and O–H groups in total. The van der Waals surface area contributed by atoms with Gasteiger partial charge in [-0.1, -0.05) is 72.8 Å². The van der Waals surface area contributed by atoms with E-state index in [0.29, 0.717) is 11.3 Å². The predicted molar refractivity (Wildman–Crippen MR) is 109 cm³/mol. The van der Waals surface area contributed by atoms with Crippen molar-refractivity contribution in [2.24, 2.45) is 4.99 Å². The normalized spacial score (nSPS) is 18.1. The minimum absolute atomic E-state index is 0.311. The van der Waals surface area contributed by atoms with Crippen LogP contribution >= 0.6 is 0 Å². The van der Waals surface area contributed by atoms with Crippen LogP contribution < -0.4 is 4.90 Å². The summed E-state index contributed by atoms with van der Waals surface area (Å²) in [6.45, 7) is 0. The van der Waals surface area contributed by atoms with Crippen LogP contribution in [0.5, 0.6) is 0 Å². The third kappa shape index (κ3) is 2.50. The second-order valence-electron chi connectivity index (χ2n) is 6.75. The van der Waals surface area contributed by atoms with E-state index in [0.717, 1.165) is 22.4 Å². The van der Waals surface area contributed by atoms with Crippen LogP contribution in [0.2, 0.25) is 0 Å². The minimum atomic E-state index is -0.838. The van der Waals surface area contributed by atoms with E-state index in [1.807, 2.05) is 78.9 Å². The van der Waals surface area contributed by atoms with Crippen molar-refractivity contribution in [1.29, 1.82) is 0 Å². The summed E-state index contributed by atoms with van der Waals surface area (Å²) in [4.78, 5) is 32.3. The number of aliphatic imine (C=N–C) groups is 1. The molecule has 2 amide bonds. The van der Waals surface area contributed by atoms with Crippen molar-refractivity contribution in [3.63, 3.8) is 0 Å². The lowest BCUT2D eigenvalue weighted by Gasteiger charge is -2.14. The molecule has 3 aromatic carbocycles. The summed E-state index contributed by atoms with van der Waals surface area (Å²) >= 11 is 0. The maximum Gasteiger partial charge on any atom is 0.263 e. The number of carbonyl (C=O) groups is 2. The van der Waals surface area contributed by atoms with Gasteiger partial charge in [-0.3, -0.25) is 14.6 Å². The number of amides is 2. The second-order valence-corrected chi connectivity index (χ2v) is 6.75. The molecule has 134 valence electrons. The van der Waals surface area contributed by atoms with Crippen LogP contribution in [0.4, 0.5) is 5.69 Å². The lowest BCUT2D eigenvalue weighted by molar-refractivity contribution is -0.121. The third-order valence-electron chi connectivity index (χ3n) is 5.05. The molecule has 2 heterocycles. The molecule has 0 radical (unpaired) electrons. The fourth-order valence-electron chi connectivity index (χ4n) is 3.72. The molecule has 1 unspecified atom stereocenters. The average Bonchev–Trinajstić information content (AvgIpc) is 2.89. The summed E-state index contributed by atoms with van der Waals surface area (Å²) < 4.78 is 0. The Hall–Kier alpha value is -3.79. The number of nitrogens with zero attached hydrogens (tertiary/aromatic N) is 2. The number of anilines is 1. The highest BCUT2D eigenvalue weighted by molar-refractivity contribution is 6.34. The molecule has 3 aromatic rings. The molecule has 1 atom stereocenters. The van der Waals surface area contributed by atoms with Crippen LogP contribution in [-0.4, -0.2) is 23.6 Å². The van der Waals surface area contributed by atoms with E-state index in [1.54, 1.807) is 12.1 Å². The molecule has 0 bridgehead atoms. The molecule has 4 nitrogen and oxygen atoms in total. The monoisotopic (exact) mass is 364 g/mol. The first-order valence-corrected chi connectivity index (χ1v) is 9.11. The highest BCUT2D eigenvalue weighted by atomic mass is 16.2. The van der Waals surface area contributed by atoms with E-state index in [1.165, 1.54) is 4.90 Å². The summed E-state index contributed by atoms with van der Waals surface area (Å²) in [5.41, 5.74) is 4.43. The Bertz CT molecular complexity index is 1150. The number of fused-ring (bicyclic) bond motifs is 2. The maximum absolute atomic E-state index is 13.2. The molecule has 2 aliphatic heterocycles. The van der Waals surface area contributed by atoms with Crippen molar-refractivity contribution in [1.82, 2.24) is 0 Å². The van der Waals surface area contributed by atoms with Crippen LogP contribution in [0, 0.1) is 0 Å². The summed E-state index contributed by atoms with van der Waals surface area (Å²) in [7, 11) is 0. The van der Waals surface area contributed by atoms with Gasteiger partial charge in [-0.15, -0.1) is 0 Å². The molecule has 5 rings (SSSR count). The van der Waals surface area contributed by atoms with Crippen LogP contribution in [0.25, 0.3) is 6.08 Å². The lowest BCUT2D eigenvalue weighted by Crippen LogP contribution is -2.31. The summed E-state index contributed by atoms with van der Waals surface area (Å²) in [5, 5.41) is 0. The van der Waals surface area contributed by atoms with E-state index in [9.17, 15) is 9.59 Å². The van der Waals surface area contributed by atoms with Crippen LogP contribution in [0.1, 0.15) is 16.7 Å². The van der Waals surface area contributed by atoms with Crippen LogP contribution in [-0.2, 0) is 9.59 Å². The summed E-state index contributed by atoms with van der Waals surface area (Å²) in [6, 6.07) is 25.7. The number of hydrogen-bond acceptors (Lipinski definition) is 3. The molecular weight excluding hydrogens is 348 g/mol. The van der Waals surface area contributed by atoms with Crippen molar-refractivity contribution < 1.29 is 9.59 Å². The van der Waals surface area contributed by atoms with E-state index in [-0.39, 0.29) is 11.8 Å². The first-order valence-electron chi connectivity index (χ1n) is 9.11. The van der Waals surface area contributed by atoms with Gasteiger partial charge >= 0.3 is 0 Å². The van der Waals surface area contributed by atoms with Gasteiger partial charge in [0.15, 0.2) is 6.04 Å². The molecule has 0 spiro atoms. The Labute approximate surface area is 162 Å². The quantitative estimate of drug-likeness (QED) is 0.648. The molecule has 1 fully saturated rings. The number of carbonyl (C=O) groups excluding carboxylic acids is 2. The largest absolute Gasteiger partial charge is 0.271 e. The van der Waals surface area contributed by atoms with Gasteiger partial charge in [0, 0.05) is 11.1 Å². The highest BCUT2D eigenvalue weighted by Gasteiger charge is 2.45. The number of benzene rings is 3. The van der Waals surface area contributed by atoms with Crippen LogP contribution in [0.3, 0.4) is 0 Å². The third-order valence-corrected chi connectivity index (χ3v) is 5.05. The minimum Gasteiger partial charge on any atom is -0.271 e. The fourth-order valence-corrected chi connectivity index (χ4v) is 3.72. The van der Waals surface area contributed by atoms with Gasteiger partial charge in [-0.25, -0.2) is 4.90 Å². The molecule has 0 aromatic heterocycles. The molecule has 0 aliphatic carbocycles. The van der Waals surface area contributed by atoms with Gasteiger partial charge in [0.1, 0.15) is 0 Å². The van der Waals surface area contributed by atoms with Gasteiger partial charge < -0.3 is 0 Å². The summed E-state index contributed by atoms with van der Waals surface area (Å²) in [6.07, 6.45) is 1.81. The van der Waals surface area contributed by atoms with Crippen molar-refractivity contribution in [3.05, 3.63) is 107 Å². The van der Waals surface area contributed by atoms with E-state index >= 15 is 0 Å². The average molecular weight is 364 g/mol. The van der Waals surface area contributed by atoms with Crippen LogP contribution in [0.15, 0.2) is 95.5 Å². The van der Waals surface area contributed by atoms with E-state index in [4.69, 9.17) is 4.99 Å². The summed E-state index contributed by atoms with van der Waals surface area (Å²) in [5.74, 6) is -0.627. The van der Waals surface area contributed by atoms with E-state index in [2.05, 4.69) is 0 Å². The van der Waals surface area contributed by atoms with Crippen molar-refractivity contribution in [3.8, 4) is 0 Å². The zero-order valence-corrected chi connectivity index (χ0v) is 14.9. The van der Waals surface area contributed by atoms with Crippen molar-refractivity contribution >= 4 is 29.3 Å². The molecule has 1 saturated heterocycles. The number of hydrogen-bond donors (Lipinski definition) is 0. The predicted octanol–water partition coefficient (Wildman–Crippen LogP) is 3.86. The SMILES string of the molecule is O=C1C2=Cc3ccccc3C(c3ccccc3)=NC2C(=O)N1c1ccccc1. The molecule has 4 heteroatoms. The molecule has 0 saturated carbocycles. The van der Waals surface area contributed by atoms with E-state index < -0.39 is 6.04 Å². The Morgan fingerprint density at radius 1 is 0.750 bits per heavy atom. The van der Waals surface area contributed by atoms with Crippen molar-refractivity contribution in [2.75, 3.05) is 4.90 Å². The lowest BCUT2D eigenvalue weighted by atomic mass is 9.97. The first kappa shape index (κ1) is 16.4. The Morgan fingerprint density at radius 3 is 2.14 bits per heavy atom.